The fourth-order valence-electron chi connectivity index (χ4n) is 3.04. The van der Waals surface area contributed by atoms with E-state index in [1.165, 1.54) is 0 Å². The maximum atomic E-state index is 6.07. The molecule has 0 unspecified atom stereocenters. The molecule has 1 aromatic rings. The van der Waals surface area contributed by atoms with E-state index >= 15 is 0 Å². The normalized spacial score (nSPS) is 19.0. The van der Waals surface area contributed by atoms with Crippen LogP contribution in [-0.2, 0) is 14.2 Å². The Bertz CT molecular complexity index is 715. The lowest BCUT2D eigenvalue weighted by atomic mass is 9.91. The molecule has 0 radical (unpaired) electrons. The molecule has 0 amide bonds. The molecule has 0 saturated heterocycles. The van der Waals surface area contributed by atoms with Crippen LogP contribution in [0.25, 0.3) is 0 Å². The summed E-state index contributed by atoms with van der Waals surface area (Å²) >= 11 is 0. The van der Waals surface area contributed by atoms with E-state index in [0.717, 1.165) is 42.9 Å². The lowest BCUT2D eigenvalue weighted by molar-refractivity contribution is -0.126. The molecule has 1 aromatic heterocycles. The van der Waals surface area contributed by atoms with E-state index in [9.17, 15) is 0 Å². The molecule has 0 aromatic carbocycles. The second-order valence-electron chi connectivity index (χ2n) is 9.88. The molecular formula is C25H39NO4. The SMILES string of the molecule is Cc1cc(C#CCCOCCCOC(C)(C)C)ncc1OC1CC(OC(C)(C)C)C1. The smallest absolute Gasteiger partial charge is 0.141 e. The highest BCUT2D eigenvalue weighted by Gasteiger charge is 2.34. The third-order valence-electron chi connectivity index (χ3n) is 4.48. The zero-order valence-corrected chi connectivity index (χ0v) is 19.8. The minimum Gasteiger partial charge on any atom is -0.488 e. The van der Waals surface area contributed by atoms with E-state index in [1.54, 1.807) is 6.20 Å². The largest absolute Gasteiger partial charge is 0.488 e. The minimum atomic E-state index is -0.0981. The molecule has 1 aliphatic rings. The lowest BCUT2D eigenvalue weighted by Crippen LogP contribution is -2.43. The summed E-state index contributed by atoms with van der Waals surface area (Å²) in [6.07, 6.45) is 5.74. The summed E-state index contributed by atoms with van der Waals surface area (Å²) in [5.41, 5.74) is 1.64. The maximum Gasteiger partial charge on any atom is 0.141 e. The fraction of sp³-hybridized carbons (Fsp3) is 0.720. The topological polar surface area (TPSA) is 49.8 Å². The molecule has 1 fully saturated rings. The molecule has 0 spiro atoms. The van der Waals surface area contributed by atoms with Gasteiger partial charge in [0.25, 0.3) is 0 Å². The van der Waals surface area contributed by atoms with Crippen molar-refractivity contribution in [3.05, 3.63) is 23.5 Å². The van der Waals surface area contributed by atoms with Crippen molar-refractivity contribution in [3.63, 3.8) is 0 Å². The van der Waals surface area contributed by atoms with E-state index in [2.05, 4.69) is 58.4 Å². The number of aromatic nitrogens is 1. The third kappa shape index (κ3) is 9.93. The van der Waals surface area contributed by atoms with Gasteiger partial charge in [-0.05, 0) is 72.4 Å². The summed E-state index contributed by atoms with van der Waals surface area (Å²) in [5.74, 6) is 7.07. The van der Waals surface area contributed by atoms with Crippen LogP contribution < -0.4 is 4.74 Å². The van der Waals surface area contributed by atoms with Gasteiger partial charge >= 0.3 is 0 Å². The summed E-state index contributed by atoms with van der Waals surface area (Å²) in [7, 11) is 0. The Hall–Kier alpha value is -1.61. The Balaban J connectivity index is 1.64. The van der Waals surface area contributed by atoms with Crippen molar-refractivity contribution < 1.29 is 18.9 Å². The van der Waals surface area contributed by atoms with Crippen LogP contribution in [0, 0.1) is 18.8 Å². The van der Waals surface area contributed by atoms with Crippen molar-refractivity contribution in [1.82, 2.24) is 4.98 Å². The van der Waals surface area contributed by atoms with Crippen molar-refractivity contribution in [2.75, 3.05) is 19.8 Å². The summed E-state index contributed by atoms with van der Waals surface area (Å²) in [6.45, 7) is 16.5. The van der Waals surface area contributed by atoms with Gasteiger partial charge in [-0.2, -0.15) is 0 Å². The number of ether oxygens (including phenoxy) is 4. The zero-order valence-electron chi connectivity index (χ0n) is 19.8. The summed E-state index contributed by atoms with van der Waals surface area (Å²) in [6, 6.07) is 1.98. The molecule has 1 saturated carbocycles. The van der Waals surface area contributed by atoms with Crippen molar-refractivity contribution in [2.24, 2.45) is 0 Å². The van der Waals surface area contributed by atoms with Gasteiger partial charge in [-0.1, -0.05) is 5.92 Å². The van der Waals surface area contributed by atoms with E-state index in [4.69, 9.17) is 18.9 Å². The van der Waals surface area contributed by atoms with Crippen molar-refractivity contribution >= 4 is 0 Å². The molecule has 168 valence electrons. The highest BCUT2D eigenvalue weighted by Crippen LogP contribution is 2.32. The van der Waals surface area contributed by atoms with Gasteiger partial charge in [-0.3, -0.25) is 0 Å². The van der Waals surface area contributed by atoms with Gasteiger partial charge in [-0.15, -0.1) is 0 Å². The average Bonchev–Trinajstić information content (AvgIpc) is 2.58. The Morgan fingerprint density at radius 1 is 1.00 bits per heavy atom. The van der Waals surface area contributed by atoms with Crippen molar-refractivity contribution in [2.45, 2.75) is 97.6 Å². The Morgan fingerprint density at radius 3 is 2.37 bits per heavy atom. The Kier molecular flexibility index (Phi) is 9.15. The molecule has 1 heterocycles. The van der Waals surface area contributed by atoms with Crippen LogP contribution in [0.4, 0.5) is 0 Å². The molecule has 0 N–H and O–H groups in total. The van der Waals surface area contributed by atoms with Gasteiger partial charge < -0.3 is 18.9 Å². The molecule has 30 heavy (non-hydrogen) atoms. The molecule has 5 heteroatoms. The monoisotopic (exact) mass is 417 g/mol. The van der Waals surface area contributed by atoms with Crippen LogP contribution in [0.2, 0.25) is 0 Å². The number of hydrogen-bond donors (Lipinski definition) is 0. The highest BCUT2D eigenvalue weighted by atomic mass is 16.5. The predicted molar refractivity (Wildman–Crippen MR) is 120 cm³/mol. The highest BCUT2D eigenvalue weighted by molar-refractivity contribution is 5.38. The number of rotatable bonds is 9. The first-order valence-electron chi connectivity index (χ1n) is 11.0. The number of aryl methyl sites for hydroxylation is 1. The summed E-state index contributed by atoms with van der Waals surface area (Å²) < 4.78 is 23.3. The molecule has 2 rings (SSSR count). The first-order chi connectivity index (χ1) is 14.0. The quantitative estimate of drug-likeness (QED) is 0.414. The molecule has 0 aliphatic heterocycles. The first kappa shape index (κ1) is 24.7. The van der Waals surface area contributed by atoms with Crippen LogP contribution in [0.5, 0.6) is 5.75 Å². The molecule has 5 nitrogen and oxygen atoms in total. The Labute approximate surface area is 182 Å². The predicted octanol–water partition coefficient (Wildman–Crippen LogP) is 5.08. The standard InChI is InChI=1S/C25H39NO4/c1-19-15-20(11-8-9-12-27-13-10-14-28-24(2,3)4)26-18-23(19)29-21-16-22(17-21)30-25(5,6)7/h15,18,21-22H,9-10,12-14,16-17H2,1-7H3. The minimum absolute atomic E-state index is 0.0852. The van der Waals surface area contributed by atoms with Gasteiger partial charge in [-0.25, -0.2) is 4.98 Å². The summed E-state index contributed by atoms with van der Waals surface area (Å²) in [4.78, 5) is 4.42. The van der Waals surface area contributed by atoms with Gasteiger partial charge in [0, 0.05) is 32.5 Å². The zero-order chi connectivity index (χ0) is 22.2. The van der Waals surface area contributed by atoms with Crippen LogP contribution in [0.1, 0.15) is 78.5 Å². The van der Waals surface area contributed by atoms with Crippen LogP contribution in [0.15, 0.2) is 12.3 Å². The molecule has 1 aliphatic carbocycles. The average molecular weight is 418 g/mol. The van der Waals surface area contributed by atoms with Gasteiger partial charge in [0.15, 0.2) is 0 Å². The van der Waals surface area contributed by atoms with Crippen LogP contribution >= 0.6 is 0 Å². The molecule has 0 bridgehead atoms. The second kappa shape index (κ2) is 11.1. The van der Waals surface area contributed by atoms with E-state index in [-0.39, 0.29) is 17.3 Å². The molecule has 0 atom stereocenters. The second-order valence-corrected chi connectivity index (χ2v) is 9.88. The fourth-order valence-corrected chi connectivity index (χ4v) is 3.04. The summed E-state index contributed by atoms with van der Waals surface area (Å²) in [5, 5.41) is 0. The Morgan fingerprint density at radius 2 is 1.73 bits per heavy atom. The lowest BCUT2D eigenvalue weighted by Gasteiger charge is -2.39. The van der Waals surface area contributed by atoms with E-state index in [0.29, 0.717) is 25.7 Å². The van der Waals surface area contributed by atoms with E-state index in [1.807, 2.05) is 13.0 Å². The van der Waals surface area contributed by atoms with Crippen molar-refractivity contribution in [1.29, 1.82) is 0 Å². The maximum absolute atomic E-state index is 6.07. The van der Waals surface area contributed by atoms with Crippen molar-refractivity contribution in [3.8, 4) is 17.6 Å². The third-order valence-corrected chi connectivity index (χ3v) is 4.48. The molecular weight excluding hydrogens is 378 g/mol. The van der Waals surface area contributed by atoms with Crippen LogP contribution in [0.3, 0.4) is 0 Å². The number of nitrogens with zero attached hydrogens (tertiary/aromatic N) is 1. The van der Waals surface area contributed by atoms with Gasteiger partial charge in [0.05, 0.1) is 30.1 Å². The van der Waals surface area contributed by atoms with Gasteiger partial charge in [0.2, 0.25) is 0 Å². The number of pyridine rings is 1. The van der Waals surface area contributed by atoms with Crippen LogP contribution in [-0.4, -0.2) is 48.2 Å². The van der Waals surface area contributed by atoms with Gasteiger partial charge in [0.1, 0.15) is 17.5 Å². The van der Waals surface area contributed by atoms with E-state index < -0.39 is 0 Å². The first-order valence-corrected chi connectivity index (χ1v) is 11.0. The number of hydrogen-bond acceptors (Lipinski definition) is 5.